The van der Waals surface area contributed by atoms with Gasteiger partial charge in [0.15, 0.2) is 6.10 Å². The lowest BCUT2D eigenvalue weighted by atomic mass is 10.1. The standard InChI is InChI=1S/C21H25NO5/c1-14(2)27-19(20(23)24)12-16-6-8-17(9-7-16)13-26-21(25)22-18-10-4-15(3)5-11-18/h4-11,14,19H,12-13H2,1-3H3,(H,22,25)(H,23,24). The number of carboxylic acids is 1. The summed E-state index contributed by atoms with van der Waals surface area (Å²) >= 11 is 0. The Hall–Kier alpha value is -2.86. The van der Waals surface area contributed by atoms with Crippen LogP contribution in [0.5, 0.6) is 0 Å². The Morgan fingerprint density at radius 3 is 2.15 bits per heavy atom. The highest BCUT2D eigenvalue weighted by molar-refractivity contribution is 5.84. The van der Waals surface area contributed by atoms with Crippen LogP contribution in [0.15, 0.2) is 48.5 Å². The number of hydrogen-bond donors (Lipinski definition) is 2. The third-order valence-electron chi connectivity index (χ3n) is 3.82. The van der Waals surface area contributed by atoms with Crippen molar-refractivity contribution in [2.24, 2.45) is 0 Å². The summed E-state index contributed by atoms with van der Waals surface area (Å²) in [5.74, 6) is -0.983. The predicted octanol–water partition coefficient (Wildman–Crippen LogP) is 4.16. The average molecular weight is 371 g/mol. The number of nitrogens with one attached hydrogen (secondary N) is 1. The number of benzene rings is 2. The van der Waals surface area contributed by atoms with Crippen LogP contribution in [-0.2, 0) is 27.3 Å². The molecule has 0 aliphatic carbocycles. The van der Waals surface area contributed by atoms with Crippen molar-refractivity contribution in [3.05, 3.63) is 65.2 Å². The fourth-order valence-corrected chi connectivity index (χ4v) is 2.45. The van der Waals surface area contributed by atoms with E-state index in [4.69, 9.17) is 9.47 Å². The normalized spacial score (nSPS) is 11.9. The Balaban J connectivity index is 1.85. The first kappa shape index (κ1) is 20.5. The molecular formula is C21H25NO5. The molecule has 0 aromatic heterocycles. The first-order valence-electron chi connectivity index (χ1n) is 8.80. The second kappa shape index (κ2) is 9.73. The van der Waals surface area contributed by atoms with Gasteiger partial charge in [0.1, 0.15) is 6.61 Å². The number of anilines is 1. The van der Waals surface area contributed by atoms with Gasteiger partial charge < -0.3 is 14.6 Å². The summed E-state index contributed by atoms with van der Waals surface area (Å²) in [4.78, 5) is 23.1. The fourth-order valence-electron chi connectivity index (χ4n) is 2.45. The number of rotatable bonds is 8. The third-order valence-corrected chi connectivity index (χ3v) is 3.82. The van der Waals surface area contributed by atoms with Gasteiger partial charge in [-0.1, -0.05) is 42.0 Å². The van der Waals surface area contributed by atoms with Crippen molar-refractivity contribution in [2.75, 3.05) is 5.32 Å². The van der Waals surface area contributed by atoms with E-state index in [1.54, 1.807) is 13.8 Å². The highest BCUT2D eigenvalue weighted by atomic mass is 16.5. The van der Waals surface area contributed by atoms with Crippen molar-refractivity contribution in [1.82, 2.24) is 0 Å². The summed E-state index contributed by atoms with van der Waals surface area (Å²) in [6, 6.07) is 14.7. The van der Waals surface area contributed by atoms with Crippen LogP contribution in [0.3, 0.4) is 0 Å². The summed E-state index contributed by atoms with van der Waals surface area (Å²) in [5, 5.41) is 11.9. The van der Waals surface area contributed by atoms with E-state index in [9.17, 15) is 14.7 Å². The number of aryl methyl sites for hydroxylation is 1. The van der Waals surface area contributed by atoms with Gasteiger partial charge in [0.2, 0.25) is 0 Å². The van der Waals surface area contributed by atoms with Crippen LogP contribution in [-0.4, -0.2) is 29.4 Å². The summed E-state index contributed by atoms with van der Waals surface area (Å²) in [5.41, 5.74) is 3.44. The van der Waals surface area contributed by atoms with Gasteiger partial charge in [0.05, 0.1) is 6.10 Å². The molecule has 1 unspecified atom stereocenters. The quantitative estimate of drug-likeness (QED) is 0.728. The zero-order valence-corrected chi connectivity index (χ0v) is 15.8. The molecule has 1 atom stereocenters. The monoisotopic (exact) mass is 371 g/mol. The van der Waals surface area contributed by atoms with Crippen LogP contribution >= 0.6 is 0 Å². The Morgan fingerprint density at radius 2 is 1.59 bits per heavy atom. The van der Waals surface area contributed by atoms with E-state index in [-0.39, 0.29) is 19.1 Å². The van der Waals surface area contributed by atoms with Crippen LogP contribution < -0.4 is 5.32 Å². The average Bonchev–Trinajstić information content (AvgIpc) is 2.62. The molecule has 6 heteroatoms. The molecule has 2 N–H and O–H groups in total. The van der Waals surface area contributed by atoms with Crippen LogP contribution in [0.2, 0.25) is 0 Å². The van der Waals surface area contributed by atoms with Gasteiger partial charge >= 0.3 is 12.1 Å². The third kappa shape index (κ3) is 7.11. The zero-order chi connectivity index (χ0) is 19.8. The number of ether oxygens (including phenoxy) is 2. The van der Waals surface area contributed by atoms with E-state index in [0.29, 0.717) is 5.69 Å². The number of carboxylic acid groups (broad SMARTS) is 1. The van der Waals surface area contributed by atoms with E-state index in [1.165, 1.54) is 0 Å². The van der Waals surface area contributed by atoms with Crippen molar-refractivity contribution in [1.29, 1.82) is 0 Å². The van der Waals surface area contributed by atoms with Gasteiger partial charge in [-0.2, -0.15) is 0 Å². The highest BCUT2D eigenvalue weighted by Crippen LogP contribution is 2.13. The van der Waals surface area contributed by atoms with Crippen molar-refractivity contribution < 1.29 is 24.2 Å². The van der Waals surface area contributed by atoms with Gasteiger partial charge in [-0.25, -0.2) is 9.59 Å². The maximum absolute atomic E-state index is 11.8. The van der Waals surface area contributed by atoms with Crippen LogP contribution in [0.1, 0.15) is 30.5 Å². The molecule has 6 nitrogen and oxygen atoms in total. The van der Waals surface area contributed by atoms with Gasteiger partial charge in [0, 0.05) is 12.1 Å². The molecule has 27 heavy (non-hydrogen) atoms. The molecular weight excluding hydrogens is 346 g/mol. The molecule has 0 aliphatic heterocycles. The maximum atomic E-state index is 11.8. The summed E-state index contributed by atoms with van der Waals surface area (Å²) < 4.78 is 10.6. The topological polar surface area (TPSA) is 84.9 Å². The lowest BCUT2D eigenvalue weighted by Gasteiger charge is -2.16. The van der Waals surface area contributed by atoms with E-state index < -0.39 is 18.2 Å². The number of hydrogen-bond acceptors (Lipinski definition) is 4. The second-order valence-corrected chi connectivity index (χ2v) is 6.60. The van der Waals surface area contributed by atoms with E-state index in [2.05, 4.69) is 5.32 Å². The zero-order valence-electron chi connectivity index (χ0n) is 15.8. The molecule has 0 bridgehead atoms. The minimum atomic E-state index is -0.983. The molecule has 0 spiro atoms. The van der Waals surface area contributed by atoms with E-state index >= 15 is 0 Å². The minimum Gasteiger partial charge on any atom is -0.479 e. The smallest absolute Gasteiger partial charge is 0.411 e. The van der Waals surface area contributed by atoms with Crippen LogP contribution in [0.25, 0.3) is 0 Å². The molecule has 0 radical (unpaired) electrons. The number of carbonyl (C=O) groups excluding carboxylic acids is 1. The molecule has 2 aromatic carbocycles. The molecule has 0 aliphatic rings. The molecule has 0 fully saturated rings. The van der Waals surface area contributed by atoms with Gasteiger partial charge in [-0.3, -0.25) is 5.32 Å². The van der Waals surface area contributed by atoms with Gasteiger partial charge in [-0.05, 0) is 44.0 Å². The minimum absolute atomic E-state index is 0.128. The fraction of sp³-hybridized carbons (Fsp3) is 0.333. The molecule has 2 aromatic rings. The molecule has 144 valence electrons. The van der Waals surface area contributed by atoms with E-state index in [1.807, 2.05) is 55.5 Å². The maximum Gasteiger partial charge on any atom is 0.411 e. The van der Waals surface area contributed by atoms with Crippen molar-refractivity contribution in [2.45, 2.75) is 46.0 Å². The van der Waals surface area contributed by atoms with Crippen molar-refractivity contribution in [3.63, 3.8) is 0 Å². The predicted molar refractivity (Wildman–Crippen MR) is 103 cm³/mol. The van der Waals surface area contributed by atoms with Gasteiger partial charge in [0.25, 0.3) is 0 Å². The molecule has 2 rings (SSSR count). The first-order chi connectivity index (χ1) is 12.8. The van der Waals surface area contributed by atoms with Crippen molar-refractivity contribution >= 4 is 17.7 Å². The summed E-state index contributed by atoms with van der Waals surface area (Å²) in [6.07, 6.45) is -1.29. The SMILES string of the molecule is Cc1ccc(NC(=O)OCc2ccc(CC(OC(C)C)C(=O)O)cc2)cc1. The molecule has 0 saturated heterocycles. The number of aliphatic carboxylic acids is 1. The highest BCUT2D eigenvalue weighted by Gasteiger charge is 2.20. The molecule has 0 saturated carbocycles. The number of amides is 1. The lowest BCUT2D eigenvalue weighted by molar-refractivity contribution is -0.153. The Labute approximate surface area is 159 Å². The largest absolute Gasteiger partial charge is 0.479 e. The van der Waals surface area contributed by atoms with Crippen molar-refractivity contribution in [3.8, 4) is 0 Å². The number of carbonyl (C=O) groups is 2. The van der Waals surface area contributed by atoms with Gasteiger partial charge in [-0.15, -0.1) is 0 Å². The molecule has 1 amide bonds. The lowest BCUT2D eigenvalue weighted by Crippen LogP contribution is -2.29. The Kier molecular flexibility index (Phi) is 7.37. The first-order valence-corrected chi connectivity index (χ1v) is 8.80. The van der Waals surface area contributed by atoms with Crippen LogP contribution in [0.4, 0.5) is 10.5 Å². The molecule has 0 heterocycles. The Morgan fingerprint density at radius 1 is 1.00 bits per heavy atom. The summed E-state index contributed by atoms with van der Waals surface area (Å²) in [6.45, 7) is 5.71. The van der Waals surface area contributed by atoms with E-state index in [0.717, 1.165) is 16.7 Å². The van der Waals surface area contributed by atoms with Crippen LogP contribution in [0, 0.1) is 6.92 Å². The summed E-state index contributed by atoms with van der Waals surface area (Å²) in [7, 11) is 0. The second-order valence-electron chi connectivity index (χ2n) is 6.60. The Bertz CT molecular complexity index is 753.